The molecule has 0 bridgehead atoms. The van der Waals surface area contributed by atoms with Crippen LogP contribution < -0.4 is 5.32 Å². The highest BCUT2D eigenvalue weighted by molar-refractivity contribution is 5.92. The molecule has 0 atom stereocenters. The van der Waals surface area contributed by atoms with Crippen molar-refractivity contribution in [1.29, 1.82) is 0 Å². The summed E-state index contributed by atoms with van der Waals surface area (Å²) in [6.07, 6.45) is 0. The van der Waals surface area contributed by atoms with Crippen LogP contribution >= 0.6 is 0 Å². The van der Waals surface area contributed by atoms with Gasteiger partial charge in [0.2, 0.25) is 5.91 Å². The fourth-order valence-electron chi connectivity index (χ4n) is 3.31. The summed E-state index contributed by atoms with van der Waals surface area (Å²) < 4.78 is 32.8. The van der Waals surface area contributed by atoms with Crippen molar-refractivity contribution in [3.8, 4) is 0 Å². The Morgan fingerprint density at radius 1 is 1.00 bits per heavy atom. The first-order chi connectivity index (χ1) is 15.7. The molecule has 1 heterocycles. The van der Waals surface area contributed by atoms with Gasteiger partial charge in [-0.2, -0.15) is 0 Å². The van der Waals surface area contributed by atoms with Gasteiger partial charge in [0.1, 0.15) is 29.7 Å². The van der Waals surface area contributed by atoms with Crippen LogP contribution in [0, 0.1) is 18.6 Å². The Morgan fingerprint density at radius 2 is 1.73 bits per heavy atom. The monoisotopic (exact) mass is 455 g/mol. The number of hydrogen-bond acceptors (Lipinski definition) is 3. The molecule has 3 aromatic rings. The number of benzene rings is 2. The van der Waals surface area contributed by atoms with Crippen LogP contribution in [0.15, 0.2) is 65.1 Å². The molecule has 0 aliphatic heterocycles. The van der Waals surface area contributed by atoms with Gasteiger partial charge < -0.3 is 19.5 Å². The van der Waals surface area contributed by atoms with Crippen LogP contribution in [0.25, 0.3) is 0 Å². The molecule has 0 aliphatic rings. The van der Waals surface area contributed by atoms with Crippen molar-refractivity contribution in [3.05, 3.63) is 89.4 Å². The van der Waals surface area contributed by atoms with Gasteiger partial charge in [-0.05, 0) is 50.6 Å². The number of aryl methyl sites for hydroxylation is 1. The molecule has 33 heavy (non-hydrogen) atoms. The number of carbonyl (C=O) groups is 2. The standard InChI is InChI=1S/C25H27F2N3O3/c1-17(2)30(25(32)28-23-12-10-20(26)13-22(23)27)16-24(31)29(14-19-7-5-4-6-8-19)15-21-11-9-18(3)33-21/h4-13,17H,14-16H2,1-3H3,(H,28,32). The van der Waals surface area contributed by atoms with Crippen LogP contribution in [0.1, 0.15) is 30.9 Å². The summed E-state index contributed by atoms with van der Waals surface area (Å²) in [6, 6.07) is 15.0. The van der Waals surface area contributed by atoms with Crippen molar-refractivity contribution >= 4 is 17.6 Å². The van der Waals surface area contributed by atoms with E-state index in [9.17, 15) is 18.4 Å². The number of halogens is 2. The average molecular weight is 456 g/mol. The van der Waals surface area contributed by atoms with E-state index in [4.69, 9.17) is 4.42 Å². The average Bonchev–Trinajstić information content (AvgIpc) is 3.18. The molecule has 3 rings (SSSR count). The van der Waals surface area contributed by atoms with Crippen molar-refractivity contribution in [2.24, 2.45) is 0 Å². The number of furan rings is 1. The molecule has 2 aromatic carbocycles. The third kappa shape index (κ3) is 6.65. The highest BCUT2D eigenvalue weighted by Crippen LogP contribution is 2.17. The van der Waals surface area contributed by atoms with E-state index in [2.05, 4.69) is 5.32 Å². The number of carbonyl (C=O) groups excluding carboxylic acids is 2. The normalized spacial score (nSPS) is 10.8. The van der Waals surface area contributed by atoms with E-state index in [-0.39, 0.29) is 30.7 Å². The summed E-state index contributed by atoms with van der Waals surface area (Å²) in [5.74, 6) is -0.563. The SMILES string of the molecule is Cc1ccc(CN(Cc2ccccc2)C(=O)CN(C(=O)Nc2ccc(F)cc2F)C(C)C)o1. The second-order valence-corrected chi connectivity index (χ2v) is 8.02. The van der Waals surface area contributed by atoms with Crippen LogP contribution in [-0.4, -0.2) is 34.3 Å². The summed E-state index contributed by atoms with van der Waals surface area (Å²) in [7, 11) is 0. The second-order valence-electron chi connectivity index (χ2n) is 8.02. The van der Waals surface area contributed by atoms with Gasteiger partial charge in [-0.1, -0.05) is 30.3 Å². The Morgan fingerprint density at radius 3 is 2.33 bits per heavy atom. The van der Waals surface area contributed by atoms with Crippen LogP contribution in [0.5, 0.6) is 0 Å². The van der Waals surface area contributed by atoms with Crippen LogP contribution in [0.3, 0.4) is 0 Å². The van der Waals surface area contributed by atoms with Gasteiger partial charge in [0, 0.05) is 18.7 Å². The molecule has 0 saturated heterocycles. The maximum absolute atomic E-state index is 14.0. The summed E-state index contributed by atoms with van der Waals surface area (Å²) in [5, 5.41) is 2.42. The number of urea groups is 1. The Bertz CT molecular complexity index is 1100. The lowest BCUT2D eigenvalue weighted by Gasteiger charge is -2.30. The first kappa shape index (κ1) is 24.0. The Hall–Kier alpha value is -3.68. The molecule has 0 radical (unpaired) electrons. The molecule has 0 unspecified atom stereocenters. The minimum atomic E-state index is -0.891. The third-order valence-corrected chi connectivity index (χ3v) is 5.07. The number of amides is 3. The smallest absolute Gasteiger partial charge is 0.322 e. The predicted octanol–water partition coefficient (Wildman–Crippen LogP) is 5.34. The maximum Gasteiger partial charge on any atom is 0.322 e. The molecule has 0 saturated carbocycles. The summed E-state index contributed by atoms with van der Waals surface area (Å²) in [4.78, 5) is 29.0. The highest BCUT2D eigenvalue weighted by atomic mass is 19.1. The van der Waals surface area contributed by atoms with Gasteiger partial charge in [-0.25, -0.2) is 13.6 Å². The van der Waals surface area contributed by atoms with E-state index in [0.29, 0.717) is 18.4 Å². The summed E-state index contributed by atoms with van der Waals surface area (Å²) in [5.41, 5.74) is 0.773. The zero-order chi connectivity index (χ0) is 24.0. The first-order valence-electron chi connectivity index (χ1n) is 10.6. The molecule has 0 spiro atoms. The van der Waals surface area contributed by atoms with Gasteiger partial charge in [0.05, 0.1) is 12.2 Å². The quantitative estimate of drug-likeness (QED) is 0.499. The van der Waals surface area contributed by atoms with E-state index in [1.54, 1.807) is 18.7 Å². The van der Waals surface area contributed by atoms with Crippen LogP contribution in [-0.2, 0) is 17.9 Å². The van der Waals surface area contributed by atoms with E-state index >= 15 is 0 Å². The fourth-order valence-corrected chi connectivity index (χ4v) is 3.31. The number of nitrogens with zero attached hydrogens (tertiary/aromatic N) is 2. The lowest BCUT2D eigenvalue weighted by Crippen LogP contribution is -2.47. The molecule has 3 amide bonds. The van der Waals surface area contributed by atoms with Crippen LogP contribution in [0.2, 0.25) is 0 Å². The molecule has 0 fully saturated rings. The van der Waals surface area contributed by atoms with Crippen molar-refractivity contribution in [2.75, 3.05) is 11.9 Å². The number of hydrogen-bond donors (Lipinski definition) is 1. The third-order valence-electron chi connectivity index (χ3n) is 5.07. The van der Waals surface area contributed by atoms with Gasteiger partial charge in [-0.15, -0.1) is 0 Å². The molecule has 0 aliphatic carbocycles. The van der Waals surface area contributed by atoms with E-state index < -0.39 is 17.7 Å². The topological polar surface area (TPSA) is 65.8 Å². The number of anilines is 1. The van der Waals surface area contributed by atoms with Crippen molar-refractivity contribution in [1.82, 2.24) is 9.80 Å². The molecule has 8 heteroatoms. The number of nitrogens with one attached hydrogen (secondary N) is 1. The number of rotatable bonds is 8. The largest absolute Gasteiger partial charge is 0.464 e. The maximum atomic E-state index is 14.0. The Labute approximate surface area is 191 Å². The summed E-state index contributed by atoms with van der Waals surface area (Å²) in [6.45, 7) is 5.68. The lowest BCUT2D eigenvalue weighted by molar-refractivity contribution is -0.133. The first-order valence-corrected chi connectivity index (χ1v) is 10.6. The zero-order valence-electron chi connectivity index (χ0n) is 18.8. The van der Waals surface area contributed by atoms with Crippen molar-refractivity contribution in [3.63, 3.8) is 0 Å². The molecular weight excluding hydrogens is 428 g/mol. The highest BCUT2D eigenvalue weighted by Gasteiger charge is 2.25. The molecule has 1 N–H and O–H groups in total. The van der Waals surface area contributed by atoms with Crippen molar-refractivity contribution in [2.45, 2.75) is 39.9 Å². The van der Waals surface area contributed by atoms with Gasteiger partial charge in [-0.3, -0.25) is 4.79 Å². The minimum absolute atomic E-state index is 0.160. The molecule has 174 valence electrons. The van der Waals surface area contributed by atoms with Crippen molar-refractivity contribution < 1.29 is 22.8 Å². The minimum Gasteiger partial charge on any atom is -0.464 e. The van der Waals surface area contributed by atoms with E-state index in [0.717, 1.165) is 23.5 Å². The molecule has 6 nitrogen and oxygen atoms in total. The van der Waals surface area contributed by atoms with Gasteiger partial charge in [0.25, 0.3) is 0 Å². The van der Waals surface area contributed by atoms with E-state index in [1.165, 1.54) is 4.90 Å². The predicted molar refractivity (Wildman–Crippen MR) is 121 cm³/mol. The second kappa shape index (κ2) is 10.8. The van der Waals surface area contributed by atoms with Gasteiger partial charge >= 0.3 is 6.03 Å². The summed E-state index contributed by atoms with van der Waals surface area (Å²) >= 11 is 0. The molecule has 1 aromatic heterocycles. The Kier molecular flexibility index (Phi) is 7.82. The zero-order valence-corrected chi connectivity index (χ0v) is 18.8. The lowest BCUT2D eigenvalue weighted by atomic mass is 10.2. The van der Waals surface area contributed by atoms with Crippen LogP contribution in [0.4, 0.5) is 19.3 Å². The van der Waals surface area contributed by atoms with E-state index in [1.807, 2.05) is 49.4 Å². The Balaban J connectivity index is 1.76. The van der Waals surface area contributed by atoms with Gasteiger partial charge in [0.15, 0.2) is 0 Å². The molecular formula is C25H27F2N3O3. The fraction of sp³-hybridized carbons (Fsp3) is 0.280.